The van der Waals surface area contributed by atoms with Crippen LogP contribution in [0.25, 0.3) is 0 Å². The van der Waals surface area contributed by atoms with Crippen molar-refractivity contribution in [2.45, 2.75) is 41.5 Å². The molecular weight excluding hydrogens is 667 g/mol. The van der Waals surface area contributed by atoms with Gasteiger partial charge in [-0.3, -0.25) is 0 Å². The van der Waals surface area contributed by atoms with Gasteiger partial charge in [-0.2, -0.15) is 0 Å². The van der Waals surface area contributed by atoms with Crippen LogP contribution in [0.3, 0.4) is 0 Å². The zero-order chi connectivity index (χ0) is 31.1. The van der Waals surface area contributed by atoms with Crippen LogP contribution in [0.4, 0.5) is 0 Å². The van der Waals surface area contributed by atoms with Gasteiger partial charge in [0.1, 0.15) is 0 Å². The first kappa shape index (κ1) is 34.7. The second-order valence-electron chi connectivity index (χ2n) is 11.7. The third-order valence-corrected chi connectivity index (χ3v) is 12.6. The summed E-state index contributed by atoms with van der Waals surface area (Å²) in [5.74, 6) is 0. The van der Waals surface area contributed by atoms with E-state index >= 15 is 0 Å². The van der Waals surface area contributed by atoms with E-state index in [2.05, 4.69) is 187 Å². The molecule has 0 radical (unpaired) electrons. The molecule has 6 rings (SSSR count). The van der Waals surface area contributed by atoms with E-state index in [0.29, 0.717) is 0 Å². The molecule has 3 heteroatoms. The zero-order valence-electron chi connectivity index (χ0n) is 27.1. The van der Waals surface area contributed by atoms with Crippen molar-refractivity contribution in [1.82, 2.24) is 0 Å². The number of hydrogen-bond acceptors (Lipinski definition) is 0. The van der Waals surface area contributed by atoms with E-state index in [1.54, 1.807) is 0 Å². The zero-order valence-corrected chi connectivity index (χ0v) is 30.6. The summed E-state index contributed by atoms with van der Waals surface area (Å²) >= 11 is 0. The van der Waals surface area contributed by atoms with E-state index in [9.17, 15) is 0 Å². The van der Waals surface area contributed by atoms with Gasteiger partial charge in [0.25, 0.3) is 0 Å². The predicted octanol–water partition coefficient (Wildman–Crippen LogP) is 8.74. The van der Waals surface area contributed by atoms with E-state index in [-0.39, 0.29) is 19.5 Å². The molecule has 0 amide bonds. The maximum absolute atomic E-state index is 2.28. The van der Waals surface area contributed by atoms with E-state index < -0.39 is 15.8 Å². The average Bonchev–Trinajstić information content (AvgIpc) is 3.03. The topological polar surface area (TPSA) is 0 Å². The molecule has 0 fully saturated rings. The van der Waals surface area contributed by atoms with E-state index in [1.807, 2.05) is 0 Å². The normalized spacial score (nSPS) is 10.7. The first-order valence-corrected chi connectivity index (χ1v) is 18.0. The van der Waals surface area contributed by atoms with E-state index in [0.717, 1.165) is 0 Å². The van der Waals surface area contributed by atoms with Crippen molar-refractivity contribution in [3.63, 3.8) is 0 Å². The van der Waals surface area contributed by atoms with Gasteiger partial charge in [0.15, 0.2) is 0 Å². The fourth-order valence-electron chi connectivity index (χ4n) is 5.06. The van der Waals surface area contributed by atoms with Crippen LogP contribution in [0.15, 0.2) is 146 Å². The van der Waals surface area contributed by atoms with Crippen LogP contribution < -0.4 is 31.8 Å². The summed E-state index contributed by atoms with van der Waals surface area (Å²) in [6.07, 6.45) is 0. The van der Waals surface area contributed by atoms with Gasteiger partial charge < -0.3 is 0 Å². The minimum Gasteiger partial charge on any atom is -0.0587 e. The maximum Gasteiger partial charge on any atom is 0 e. The van der Waals surface area contributed by atoms with Crippen LogP contribution in [0.5, 0.6) is 0 Å². The van der Waals surface area contributed by atoms with Gasteiger partial charge in [0.2, 0.25) is 0 Å². The Balaban J connectivity index is 0.000000200. The quantitative estimate of drug-likeness (QED) is 0.120. The summed E-state index contributed by atoms with van der Waals surface area (Å²) in [6, 6.07) is 53.9. The molecule has 0 aliphatic rings. The SMILES string of the molecule is Cc1ccc(P(c2ccc(C)cc2)c2ccc(C)cc2)cc1.Cc1ccc(P(c2ccc(C)cc2)c2ccc(C)cc2)cc1.[Ru]. The molecule has 0 heterocycles. The van der Waals surface area contributed by atoms with Crippen LogP contribution in [-0.2, 0) is 19.5 Å². The van der Waals surface area contributed by atoms with Gasteiger partial charge in [-0.25, -0.2) is 0 Å². The van der Waals surface area contributed by atoms with Crippen LogP contribution >= 0.6 is 15.8 Å². The van der Waals surface area contributed by atoms with Gasteiger partial charge in [0, 0.05) is 19.5 Å². The molecule has 0 N–H and O–H groups in total. The number of hydrogen-bond donors (Lipinski definition) is 0. The largest absolute Gasteiger partial charge is 0.0587 e. The maximum atomic E-state index is 2.28. The first-order chi connectivity index (χ1) is 21.3. The summed E-state index contributed by atoms with van der Waals surface area (Å²) in [5, 5.41) is 8.46. The Labute approximate surface area is 286 Å². The third-order valence-electron chi connectivity index (χ3n) is 7.75. The van der Waals surface area contributed by atoms with Crippen molar-refractivity contribution in [1.29, 1.82) is 0 Å². The van der Waals surface area contributed by atoms with Crippen LogP contribution in [0, 0.1) is 41.5 Å². The molecule has 45 heavy (non-hydrogen) atoms. The fourth-order valence-corrected chi connectivity index (χ4v) is 9.53. The number of benzene rings is 6. The van der Waals surface area contributed by atoms with Gasteiger partial charge in [-0.05, 0) is 89.2 Å². The summed E-state index contributed by atoms with van der Waals surface area (Å²) in [6.45, 7) is 12.9. The molecule has 6 aromatic carbocycles. The van der Waals surface area contributed by atoms with Crippen LogP contribution in [-0.4, -0.2) is 0 Å². The molecule has 0 aliphatic heterocycles. The van der Waals surface area contributed by atoms with Gasteiger partial charge >= 0.3 is 0 Å². The second kappa shape index (κ2) is 16.4. The second-order valence-corrected chi connectivity index (χ2v) is 16.1. The Hall–Kier alpha value is -3.20. The predicted molar refractivity (Wildman–Crippen MR) is 199 cm³/mol. The van der Waals surface area contributed by atoms with Crippen LogP contribution in [0.1, 0.15) is 33.4 Å². The molecule has 0 nitrogen and oxygen atoms in total. The average molecular weight is 710 g/mol. The first-order valence-electron chi connectivity index (χ1n) is 15.3. The number of rotatable bonds is 6. The van der Waals surface area contributed by atoms with Gasteiger partial charge in [-0.1, -0.05) is 179 Å². The molecule has 0 aliphatic carbocycles. The van der Waals surface area contributed by atoms with Gasteiger partial charge in [0.05, 0.1) is 0 Å². The Bertz CT molecular complexity index is 1400. The molecule has 0 spiro atoms. The third kappa shape index (κ3) is 9.41. The van der Waals surface area contributed by atoms with Gasteiger partial charge in [-0.15, -0.1) is 0 Å². The molecule has 228 valence electrons. The summed E-state index contributed by atoms with van der Waals surface area (Å²) < 4.78 is 0. The molecule has 0 saturated heterocycles. The monoisotopic (exact) mass is 710 g/mol. The molecule has 0 aromatic heterocycles. The van der Waals surface area contributed by atoms with E-state index in [4.69, 9.17) is 0 Å². The minimum absolute atomic E-state index is 0. The molecule has 0 saturated carbocycles. The summed E-state index contributed by atoms with van der Waals surface area (Å²) in [7, 11) is -0.966. The van der Waals surface area contributed by atoms with Crippen LogP contribution in [0.2, 0.25) is 0 Å². The van der Waals surface area contributed by atoms with Crippen molar-refractivity contribution in [2.24, 2.45) is 0 Å². The molecule has 0 atom stereocenters. The van der Waals surface area contributed by atoms with Crippen molar-refractivity contribution in [3.05, 3.63) is 179 Å². The molecular formula is C42H42P2Ru. The standard InChI is InChI=1S/2C21H21P.Ru/c2*1-16-4-10-19(11-5-16)22(20-12-6-17(2)7-13-20)21-14-8-18(3)9-15-21;/h2*4-15H,1-3H3;. The molecule has 0 bridgehead atoms. The summed E-state index contributed by atoms with van der Waals surface area (Å²) in [5.41, 5.74) is 7.87. The van der Waals surface area contributed by atoms with Crippen molar-refractivity contribution >= 4 is 47.7 Å². The Kier molecular flexibility index (Phi) is 12.6. The molecule has 0 unspecified atom stereocenters. The van der Waals surface area contributed by atoms with Crippen molar-refractivity contribution in [3.8, 4) is 0 Å². The Morgan fingerprint density at radius 3 is 0.444 bits per heavy atom. The van der Waals surface area contributed by atoms with Crippen molar-refractivity contribution in [2.75, 3.05) is 0 Å². The Morgan fingerprint density at radius 1 is 0.222 bits per heavy atom. The fraction of sp³-hybridized carbons (Fsp3) is 0.143. The Morgan fingerprint density at radius 2 is 0.333 bits per heavy atom. The van der Waals surface area contributed by atoms with Crippen molar-refractivity contribution < 1.29 is 19.5 Å². The van der Waals surface area contributed by atoms with E-state index in [1.165, 1.54) is 65.2 Å². The smallest absolute Gasteiger partial charge is 0 e. The number of aryl methyl sites for hydroxylation is 6. The molecule has 6 aromatic rings. The summed E-state index contributed by atoms with van der Waals surface area (Å²) in [4.78, 5) is 0. The minimum atomic E-state index is -0.483.